The van der Waals surface area contributed by atoms with Gasteiger partial charge in [0.2, 0.25) is 0 Å². The Morgan fingerprint density at radius 1 is 1.29 bits per heavy atom. The molecule has 6 heteroatoms. The maximum atomic E-state index is 11.8. The summed E-state index contributed by atoms with van der Waals surface area (Å²) >= 11 is 0. The monoisotopic (exact) mass is 341 g/mol. The van der Waals surface area contributed by atoms with Gasteiger partial charge in [0, 0.05) is 32.8 Å². The smallest absolute Gasteiger partial charge is 0.309 e. The molecule has 24 heavy (non-hydrogen) atoms. The summed E-state index contributed by atoms with van der Waals surface area (Å²) in [5.74, 6) is 1.32. The normalized spacial score (nSPS) is 17.7. The standard InChI is InChI=1S/C18H35N3O3/c1-4-7-15(10-13-22)14-20-18(19-5-2)21-11-8-16(9-12-21)17(23)24-6-3/h15-16,22H,4-14H2,1-3H3,(H,19,20). The first-order valence-electron chi connectivity index (χ1n) is 9.46. The molecular formula is C18H35N3O3. The van der Waals surface area contributed by atoms with Crippen LogP contribution in [0.2, 0.25) is 0 Å². The quantitative estimate of drug-likeness (QED) is 0.381. The van der Waals surface area contributed by atoms with Crippen molar-refractivity contribution in [3.8, 4) is 0 Å². The fourth-order valence-electron chi connectivity index (χ4n) is 3.15. The van der Waals surface area contributed by atoms with E-state index in [1.807, 2.05) is 6.92 Å². The summed E-state index contributed by atoms with van der Waals surface area (Å²) in [5, 5.41) is 12.5. The van der Waals surface area contributed by atoms with Gasteiger partial charge < -0.3 is 20.1 Å². The summed E-state index contributed by atoms with van der Waals surface area (Å²) in [6, 6.07) is 0. The fraction of sp³-hybridized carbons (Fsp3) is 0.889. The summed E-state index contributed by atoms with van der Waals surface area (Å²) in [4.78, 5) is 18.9. The second kappa shape index (κ2) is 12.1. The van der Waals surface area contributed by atoms with Crippen LogP contribution in [0.1, 0.15) is 52.9 Å². The van der Waals surface area contributed by atoms with Crippen LogP contribution in [-0.2, 0) is 9.53 Å². The highest BCUT2D eigenvalue weighted by atomic mass is 16.5. The van der Waals surface area contributed by atoms with Gasteiger partial charge in [0.25, 0.3) is 0 Å². The van der Waals surface area contributed by atoms with Crippen LogP contribution < -0.4 is 5.32 Å². The largest absolute Gasteiger partial charge is 0.466 e. The molecule has 1 fully saturated rings. The highest BCUT2D eigenvalue weighted by molar-refractivity contribution is 5.80. The lowest BCUT2D eigenvalue weighted by Crippen LogP contribution is -2.47. The zero-order valence-electron chi connectivity index (χ0n) is 15.6. The van der Waals surface area contributed by atoms with Gasteiger partial charge in [-0.25, -0.2) is 0 Å². The molecule has 2 N–H and O–H groups in total. The van der Waals surface area contributed by atoms with Gasteiger partial charge in [-0.15, -0.1) is 0 Å². The van der Waals surface area contributed by atoms with E-state index in [1.165, 1.54) is 0 Å². The first-order valence-corrected chi connectivity index (χ1v) is 9.46. The number of ether oxygens (including phenoxy) is 1. The van der Waals surface area contributed by atoms with Crippen molar-refractivity contribution >= 4 is 11.9 Å². The number of nitrogens with one attached hydrogen (secondary N) is 1. The number of nitrogens with zero attached hydrogens (tertiary/aromatic N) is 2. The van der Waals surface area contributed by atoms with E-state index in [0.29, 0.717) is 12.5 Å². The third-order valence-electron chi connectivity index (χ3n) is 4.48. The number of aliphatic hydroxyl groups is 1. The van der Waals surface area contributed by atoms with Gasteiger partial charge in [-0.05, 0) is 45.4 Å². The number of carbonyl (C=O) groups excluding carboxylic acids is 1. The molecule has 0 amide bonds. The van der Waals surface area contributed by atoms with Crippen molar-refractivity contribution in [2.45, 2.75) is 52.9 Å². The molecule has 1 aliphatic rings. The van der Waals surface area contributed by atoms with Crippen molar-refractivity contribution in [3.63, 3.8) is 0 Å². The Morgan fingerprint density at radius 2 is 2.00 bits per heavy atom. The van der Waals surface area contributed by atoms with Crippen molar-refractivity contribution in [3.05, 3.63) is 0 Å². The number of piperidine rings is 1. The fourth-order valence-corrected chi connectivity index (χ4v) is 3.15. The Morgan fingerprint density at radius 3 is 2.54 bits per heavy atom. The molecule has 1 unspecified atom stereocenters. The molecule has 1 rings (SSSR count). The van der Waals surface area contributed by atoms with Gasteiger partial charge in [0.05, 0.1) is 12.5 Å². The molecule has 0 aromatic carbocycles. The van der Waals surface area contributed by atoms with E-state index in [4.69, 9.17) is 9.73 Å². The molecule has 0 radical (unpaired) electrons. The molecule has 0 spiro atoms. The lowest BCUT2D eigenvalue weighted by molar-refractivity contribution is -0.149. The van der Waals surface area contributed by atoms with E-state index in [0.717, 1.165) is 64.2 Å². The Bertz CT molecular complexity index is 374. The number of aliphatic imine (C=N–C) groups is 1. The van der Waals surface area contributed by atoms with E-state index >= 15 is 0 Å². The summed E-state index contributed by atoms with van der Waals surface area (Å²) in [6.45, 7) is 9.99. The second-order valence-corrected chi connectivity index (χ2v) is 6.37. The minimum atomic E-state index is -0.0648. The average Bonchev–Trinajstić information content (AvgIpc) is 2.59. The topological polar surface area (TPSA) is 74.2 Å². The third kappa shape index (κ3) is 7.07. The van der Waals surface area contributed by atoms with E-state index in [9.17, 15) is 9.90 Å². The Kier molecular flexibility index (Phi) is 10.5. The molecule has 1 atom stereocenters. The second-order valence-electron chi connectivity index (χ2n) is 6.37. The van der Waals surface area contributed by atoms with Crippen LogP contribution in [0.25, 0.3) is 0 Å². The molecule has 0 aromatic heterocycles. The van der Waals surface area contributed by atoms with Gasteiger partial charge in [0.15, 0.2) is 5.96 Å². The van der Waals surface area contributed by atoms with Crippen LogP contribution in [0.3, 0.4) is 0 Å². The average molecular weight is 341 g/mol. The Hall–Kier alpha value is -1.30. The predicted molar refractivity (Wildman–Crippen MR) is 97.0 cm³/mol. The maximum absolute atomic E-state index is 11.8. The lowest BCUT2D eigenvalue weighted by atomic mass is 9.97. The first-order chi connectivity index (χ1) is 11.7. The number of rotatable bonds is 9. The zero-order chi connectivity index (χ0) is 17.8. The van der Waals surface area contributed by atoms with Crippen molar-refractivity contribution in [2.24, 2.45) is 16.8 Å². The van der Waals surface area contributed by atoms with Crippen LogP contribution in [0.5, 0.6) is 0 Å². The van der Waals surface area contributed by atoms with E-state index < -0.39 is 0 Å². The molecule has 1 heterocycles. The molecule has 0 aliphatic carbocycles. The van der Waals surface area contributed by atoms with Gasteiger partial charge in [0.1, 0.15) is 0 Å². The van der Waals surface area contributed by atoms with Crippen LogP contribution in [-0.4, -0.2) is 61.3 Å². The van der Waals surface area contributed by atoms with Crippen molar-refractivity contribution in [2.75, 3.05) is 39.4 Å². The van der Waals surface area contributed by atoms with Gasteiger partial charge in [-0.3, -0.25) is 9.79 Å². The summed E-state index contributed by atoms with van der Waals surface area (Å²) < 4.78 is 5.13. The maximum Gasteiger partial charge on any atom is 0.309 e. The van der Waals surface area contributed by atoms with Gasteiger partial charge >= 0.3 is 5.97 Å². The SMILES string of the molecule is CCCC(CCO)CN=C(NCC)N1CCC(C(=O)OCC)CC1. The van der Waals surface area contributed by atoms with Crippen LogP contribution in [0.15, 0.2) is 4.99 Å². The lowest BCUT2D eigenvalue weighted by Gasteiger charge is -2.33. The molecule has 0 bridgehead atoms. The third-order valence-corrected chi connectivity index (χ3v) is 4.48. The summed E-state index contributed by atoms with van der Waals surface area (Å²) in [5.41, 5.74) is 0. The molecular weight excluding hydrogens is 306 g/mol. The summed E-state index contributed by atoms with van der Waals surface area (Å²) in [6.07, 6.45) is 4.65. The Balaban J connectivity index is 2.58. The van der Waals surface area contributed by atoms with Gasteiger partial charge in [-0.2, -0.15) is 0 Å². The van der Waals surface area contributed by atoms with Crippen LogP contribution >= 0.6 is 0 Å². The molecule has 0 aromatic rings. The number of carbonyl (C=O) groups is 1. The number of hydrogen-bond acceptors (Lipinski definition) is 4. The van der Waals surface area contributed by atoms with E-state index in [-0.39, 0.29) is 18.5 Å². The minimum absolute atomic E-state index is 0.0197. The highest BCUT2D eigenvalue weighted by Crippen LogP contribution is 2.19. The number of aliphatic hydroxyl groups excluding tert-OH is 1. The van der Waals surface area contributed by atoms with Crippen molar-refractivity contribution in [1.82, 2.24) is 10.2 Å². The molecule has 6 nitrogen and oxygen atoms in total. The van der Waals surface area contributed by atoms with Crippen LogP contribution in [0, 0.1) is 11.8 Å². The minimum Gasteiger partial charge on any atom is -0.466 e. The number of likely N-dealkylation sites (tertiary alicyclic amines) is 1. The van der Waals surface area contributed by atoms with Gasteiger partial charge in [-0.1, -0.05) is 13.3 Å². The van der Waals surface area contributed by atoms with Crippen molar-refractivity contribution < 1.29 is 14.6 Å². The molecule has 1 aliphatic heterocycles. The van der Waals surface area contributed by atoms with E-state index in [2.05, 4.69) is 24.1 Å². The highest BCUT2D eigenvalue weighted by Gasteiger charge is 2.27. The molecule has 140 valence electrons. The Labute approximate surface area is 146 Å². The zero-order valence-corrected chi connectivity index (χ0v) is 15.6. The van der Waals surface area contributed by atoms with Crippen LogP contribution in [0.4, 0.5) is 0 Å². The number of hydrogen-bond donors (Lipinski definition) is 2. The first kappa shape index (κ1) is 20.7. The van der Waals surface area contributed by atoms with Crippen molar-refractivity contribution in [1.29, 1.82) is 0 Å². The summed E-state index contributed by atoms with van der Waals surface area (Å²) in [7, 11) is 0. The molecule has 1 saturated heterocycles. The van der Waals surface area contributed by atoms with E-state index in [1.54, 1.807) is 0 Å². The predicted octanol–water partition coefficient (Wildman–Crippen LogP) is 2.03. The molecule has 0 saturated carbocycles. The number of guanidine groups is 1. The number of esters is 1.